The monoisotopic (exact) mass is 313 g/mol. The number of thiazole rings is 2. The molecule has 0 saturated heterocycles. The zero-order chi connectivity index (χ0) is 13.8. The van der Waals surface area contributed by atoms with E-state index >= 15 is 0 Å². The van der Waals surface area contributed by atoms with E-state index in [0.29, 0.717) is 10.9 Å². The van der Waals surface area contributed by atoms with Gasteiger partial charge < -0.3 is 5.32 Å². The molecule has 4 nitrogen and oxygen atoms in total. The Morgan fingerprint density at radius 2 is 2.16 bits per heavy atom. The molecule has 1 amide bonds. The number of hydrogen-bond acceptors (Lipinski definition) is 6. The van der Waals surface area contributed by atoms with E-state index in [1.807, 2.05) is 26.2 Å². The number of aromatic nitrogens is 2. The van der Waals surface area contributed by atoms with Crippen molar-refractivity contribution < 1.29 is 4.79 Å². The molecule has 0 unspecified atom stereocenters. The van der Waals surface area contributed by atoms with Crippen LogP contribution in [0.5, 0.6) is 0 Å². The number of carbonyl (C=O) groups excluding carboxylic acids is 1. The number of nitrogens with one attached hydrogen (secondary N) is 1. The van der Waals surface area contributed by atoms with Gasteiger partial charge in [0, 0.05) is 16.0 Å². The van der Waals surface area contributed by atoms with E-state index in [-0.39, 0.29) is 5.91 Å². The second-order valence-electron chi connectivity index (χ2n) is 4.06. The summed E-state index contributed by atoms with van der Waals surface area (Å²) in [5.74, 6) is 1.19. The quantitative estimate of drug-likeness (QED) is 0.919. The van der Waals surface area contributed by atoms with Crippen LogP contribution in [0.3, 0.4) is 0 Å². The van der Waals surface area contributed by atoms with Gasteiger partial charge >= 0.3 is 0 Å². The lowest BCUT2D eigenvalue weighted by molar-refractivity contribution is -0.113. The first kappa shape index (κ1) is 14.5. The standard InChI is InChI=1S/C12H15N3OS3/c1-7-8(2)19-12(13-7)15-11(16)6-17-4-10-5-18-9(3)14-10/h5H,4,6H2,1-3H3,(H,13,15,16). The predicted octanol–water partition coefficient (Wildman–Crippen LogP) is 3.40. The topological polar surface area (TPSA) is 54.9 Å². The molecule has 2 aromatic rings. The molecule has 2 heterocycles. The lowest BCUT2D eigenvalue weighted by atomic mass is 10.4. The summed E-state index contributed by atoms with van der Waals surface area (Å²) in [6, 6.07) is 0. The number of carbonyl (C=O) groups is 1. The molecule has 2 rings (SSSR count). The van der Waals surface area contributed by atoms with Crippen LogP contribution in [0.2, 0.25) is 0 Å². The summed E-state index contributed by atoms with van der Waals surface area (Å²) in [5.41, 5.74) is 2.02. The fourth-order valence-corrected chi connectivity index (χ4v) is 3.67. The van der Waals surface area contributed by atoms with Crippen molar-refractivity contribution in [2.45, 2.75) is 26.5 Å². The second-order valence-corrected chi connectivity index (χ2v) is 7.31. The molecule has 0 bridgehead atoms. The van der Waals surface area contributed by atoms with Crippen LogP contribution in [0.25, 0.3) is 0 Å². The van der Waals surface area contributed by atoms with Gasteiger partial charge in [0.05, 0.1) is 22.1 Å². The minimum absolute atomic E-state index is 0.00861. The van der Waals surface area contributed by atoms with Crippen LogP contribution in [0.4, 0.5) is 5.13 Å². The van der Waals surface area contributed by atoms with Gasteiger partial charge in [-0.15, -0.1) is 34.4 Å². The molecular weight excluding hydrogens is 298 g/mol. The first-order valence-corrected chi connectivity index (χ1v) is 8.62. The van der Waals surface area contributed by atoms with Gasteiger partial charge in [-0.1, -0.05) is 0 Å². The van der Waals surface area contributed by atoms with E-state index < -0.39 is 0 Å². The number of thioether (sulfide) groups is 1. The van der Waals surface area contributed by atoms with Crippen LogP contribution in [-0.4, -0.2) is 21.6 Å². The van der Waals surface area contributed by atoms with E-state index in [1.54, 1.807) is 23.1 Å². The highest BCUT2D eigenvalue weighted by Gasteiger charge is 2.08. The summed E-state index contributed by atoms with van der Waals surface area (Å²) in [6.45, 7) is 5.93. The zero-order valence-corrected chi connectivity index (χ0v) is 13.5. The predicted molar refractivity (Wildman–Crippen MR) is 83.2 cm³/mol. The highest BCUT2D eigenvalue weighted by atomic mass is 32.2. The van der Waals surface area contributed by atoms with Crippen molar-refractivity contribution in [1.29, 1.82) is 0 Å². The fourth-order valence-electron chi connectivity index (χ4n) is 1.40. The number of amides is 1. The van der Waals surface area contributed by atoms with Crippen LogP contribution in [0.15, 0.2) is 5.38 Å². The van der Waals surface area contributed by atoms with Gasteiger partial charge in [0.25, 0.3) is 0 Å². The molecular formula is C12H15N3OS3. The summed E-state index contributed by atoms with van der Waals surface area (Å²) in [7, 11) is 0. The molecule has 102 valence electrons. The van der Waals surface area contributed by atoms with Gasteiger partial charge in [-0.25, -0.2) is 9.97 Å². The van der Waals surface area contributed by atoms with E-state index in [2.05, 4.69) is 15.3 Å². The minimum Gasteiger partial charge on any atom is -0.301 e. The second kappa shape index (κ2) is 6.49. The van der Waals surface area contributed by atoms with Gasteiger partial charge in [0.15, 0.2) is 5.13 Å². The lowest BCUT2D eigenvalue weighted by Gasteiger charge is -2.00. The molecule has 0 aliphatic carbocycles. The Labute approximate surface area is 124 Å². The molecule has 7 heteroatoms. The number of hydrogen-bond donors (Lipinski definition) is 1. The van der Waals surface area contributed by atoms with Crippen molar-refractivity contribution in [3.05, 3.63) is 26.7 Å². The summed E-state index contributed by atoms with van der Waals surface area (Å²) in [4.78, 5) is 21.5. The van der Waals surface area contributed by atoms with E-state index in [0.717, 1.165) is 27.0 Å². The van der Waals surface area contributed by atoms with Gasteiger partial charge in [0.1, 0.15) is 0 Å². The third-order valence-corrected chi connectivity index (χ3v) is 5.20. The maximum absolute atomic E-state index is 11.7. The van der Waals surface area contributed by atoms with E-state index in [1.165, 1.54) is 11.3 Å². The van der Waals surface area contributed by atoms with Crippen molar-refractivity contribution >= 4 is 45.5 Å². The molecule has 2 aromatic heterocycles. The number of rotatable bonds is 5. The molecule has 0 saturated carbocycles. The maximum atomic E-state index is 11.7. The molecule has 1 N–H and O–H groups in total. The summed E-state index contributed by atoms with van der Waals surface area (Å²) >= 11 is 4.72. The van der Waals surface area contributed by atoms with Crippen molar-refractivity contribution in [2.24, 2.45) is 0 Å². The Morgan fingerprint density at radius 3 is 2.74 bits per heavy atom. The number of anilines is 1. The largest absolute Gasteiger partial charge is 0.301 e. The average Bonchev–Trinajstić information content (AvgIpc) is 2.86. The Balaban J connectivity index is 1.75. The Morgan fingerprint density at radius 1 is 1.37 bits per heavy atom. The molecule has 0 spiro atoms. The number of nitrogens with zero attached hydrogens (tertiary/aromatic N) is 2. The molecule has 0 aromatic carbocycles. The van der Waals surface area contributed by atoms with E-state index in [4.69, 9.17) is 0 Å². The van der Waals surface area contributed by atoms with Crippen molar-refractivity contribution in [2.75, 3.05) is 11.1 Å². The Hall–Kier alpha value is -0.920. The Bertz CT molecular complexity index is 557. The molecule has 0 aliphatic heterocycles. The minimum atomic E-state index is -0.00861. The highest BCUT2D eigenvalue weighted by molar-refractivity contribution is 7.99. The SMILES string of the molecule is Cc1nc(CSCC(=O)Nc2nc(C)c(C)s2)cs1. The molecule has 0 fully saturated rings. The van der Waals surface area contributed by atoms with E-state index in [9.17, 15) is 4.79 Å². The summed E-state index contributed by atoms with van der Waals surface area (Å²) < 4.78 is 0. The maximum Gasteiger partial charge on any atom is 0.236 e. The van der Waals surface area contributed by atoms with Crippen LogP contribution in [0, 0.1) is 20.8 Å². The molecule has 19 heavy (non-hydrogen) atoms. The van der Waals surface area contributed by atoms with Crippen molar-refractivity contribution in [3.8, 4) is 0 Å². The first-order valence-electron chi connectivity index (χ1n) is 5.77. The summed E-state index contributed by atoms with van der Waals surface area (Å²) in [6.07, 6.45) is 0. The normalized spacial score (nSPS) is 10.7. The zero-order valence-electron chi connectivity index (χ0n) is 11.0. The van der Waals surface area contributed by atoms with Crippen LogP contribution < -0.4 is 5.32 Å². The number of aryl methyl sites for hydroxylation is 3. The van der Waals surface area contributed by atoms with Gasteiger partial charge in [-0.05, 0) is 20.8 Å². The van der Waals surface area contributed by atoms with Gasteiger partial charge in [-0.2, -0.15) is 0 Å². The van der Waals surface area contributed by atoms with Crippen molar-refractivity contribution in [1.82, 2.24) is 9.97 Å². The van der Waals surface area contributed by atoms with Crippen LogP contribution in [0.1, 0.15) is 21.3 Å². The van der Waals surface area contributed by atoms with Crippen LogP contribution >= 0.6 is 34.4 Å². The third-order valence-electron chi connectivity index (χ3n) is 2.42. The van der Waals surface area contributed by atoms with Gasteiger partial charge in [0.2, 0.25) is 5.91 Å². The van der Waals surface area contributed by atoms with Crippen LogP contribution in [-0.2, 0) is 10.5 Å². The fraction of sp³-hybridized carbons (Fsp3) is 0.417. The lowest BCUT2D eigenvalue weighted by Crippen LogP contribution is -2.14. The highest BCUT2D eigenvalue weighted by Crippen LogP contribution is 2.21. The Kier molecular flexibility index (Phi) is 4.95. The first-order chi connectivity index (χ1) is 9.04. The van der Waals surface area contributed by atoms with Crippen molar-refractivity contribution in [3.63, 3.8) is 0 Å². The summed E-state index contributed by atoms with van der Waals surface area (Å²) in [5, 5.41) is 6.61. The molecule has 0 atom stereocenters. The van der Waals surface area contributed by atoms with Gasteiger partial charge in [-0.3, -0.25) is 4.79 Å². The third kappa shape index (κ3) is 4.29. The smallest absolute Gasteiger partial charge is 0.236 e. The average molecular weight is 313 g/mol. The molecule has 0 radical (unpaired) electrons. The molecule has 0 aliphatic rings.